The molecule has 0 rings (SSSR count). The Morgan fingerprint density at radius 2 is 2.18 bits per heavy atom. The Morgan fingerprint density at radius 3 is 2.55 bits per heavy atom. The highest BCUT2D eigenvalue weighted by molar-refractivity contribution is 7.75. The third kappa shape index (κ3) is 4.90. The van der Waals surface area contributed by atoms with Crippen LogP contribution in [-0.4, -0.2) is 16.9 Å². The van der Waals surface area contributed by atoms with E-state index in [1.54, 1.807) is 13.8 Å². The summed E-state index contributed by atoms with van der Waals surface area (Å²) in [6.45, 7) is 3.35. The zero-order valence-corrected chi connectivity index (χ0v) is 7.60. The van der Waals surface area contributed by atoms with Crippen molar-refractivity contribution in [2.75, 3.05) is 7.11 Å². The van der Waals surface area contributed by atoms with Crippen LogP contribution < -0.4 is 0 Å². The van der Waals surface area contributed by atoms with Crippen molar-refractivity contribution in [3.63, 3.8) is 0 Å². The third-order valence-corrected chi connectivity index (χ3v) is 1.79. The van der Waals surface area contributed by atoms with Crippen LogP contribution in [0, 0.1) is 11.3 Å². The average molecular weight is 177 g/mol. The normalized spacial score (nSPS) is 14.0. The first-order valence-electron chi connectivity index (χ1n) is 3.04. The number of hydrogen-bond donors (Lipinski definition) is 0. The summed E-state index contributed by atoms with van der Waals surface area (Å²) >= 11 is -1.75. The maximum Gasteiger partial charge on any atom is 0.304 e. The van der Waals surface area contributed by atoms with Crippen LogP contribution >= 0.6 is 0 Å². The molecule has 4 nitrogen and oxygen atoms in total. The fourth-order valence-corrected chi connectivity index (χ4v) is 0.933. The van der Waals surface area contributed by atoms with Crippen molar-refractivity contribution in [1.82, 2.24) is 0 Å². The summed E-state index contributed by atoms with van der Waals surface area (Å²) in [5, 5.41) is 8.32. The second-order valence-electron chi connectivity index (χ2n) is 2.55. The van der Waals surface area contributed by atoms with E-state index in [0.717, 1.165) is 0 Å². The number of nitrogens with zero attached hydrogens (tertiary/aromatic N) is 1. The van der Waals surface area contributed by atoms with Crippen LogP contribution in [0.25, 0.3) is 0 Å². The van der Waals surface area contributed by atoms with E-state index in [9.17, 15) is 4.21 Å². The van der Waals surface area contributed by atoms with Crippen LogP contribution in [0.2, 0.25) is 0 Å². The first-order chi connectivity index (χ1) is 5.02. The summed E-state index contributed by atoms with van der Waals surface area (Å²) in [5.41, 5.74) is -0.713. The first-order valence-corrected chi connectivity index (χ1v) is 4.04. The minimum absolute atomic E-state index is 0.183. The van der Waals surface area contributed by atoms with Gasteiger partial charge in [-0.2, -0.15) is 9.47 Å². The number of hydrogen-bond acceptors (Lipinski definition) is 4. The Bertz CT molecular complexity index is 185. The number of rotatable bonds is 4. The lowest BCUT2D eigenvalue weighted by atomic mass is 10.1. The molecule has 0 saturated heterocycles. The van der Waals surface area contributed by atoms with Gasteiger partial charge in [-0.3, -0.25) is 8.37 Å². The van der Waals surface area contributed by atoms with Crippen molar-refractivity contribution < 1.29 is 12.6 Å². The van der Waals surface area contributed by atoms with Crippen molar-refractivity contribution >= 4 is 11.4 Å². The molecule has 11 heavy (non-hydrogen) atoms. The molecule has 1 unspecified atom stereocenters. The molecule has 0 spiro atoms. The maximum absolute atomic E-state index is 10.7. The Morgan fingerprint density at radius 1 is 1.64 bits per heavy atom. The van der Waals surface area contributed by atoms with E-state index in [1.807, 2.05) is 6.07 Å². The molecule has 0 aromatic rings. The molecule has 0 aromatic heterocycles. The van der Waals surface area contributed by atoms with Gasteiger partial charge in [-0.05, 0) is 13.8 Å². The Hall–Kier alpha value is -0.440. The molecule has 0 saturated carbocycles. The molecule has 0 aliphatic rings. The largest absolute Gasteiger partial charge is 0.304 e. The van der Waals surface area contributed by atoms with E-state index in [1.165, 1.54) is 7.11 Å². The van der Waals surface area contributed by atoms with Gasteiger partial charge in [0.2, 0.25) is 0 Å². The van der Waals surface area contributed by atoms with Gasteiger partial charge in [-0.1, -0.05) is 0 Å². The van der Waals surface area contributed by atoms with Gasteiger partial charge in [0, 0.05) is 0 Å². The van der Waals surface area contributed by atoms with Gasteiger partial charge in [0.15, 0.2) is 0 Å². The predicted molar refractivity (Wildman–Crippen MR) is 40.5 cm³/mol. The molecule has 5 heteroatoms. The monoisotopic (exact) mass is 177 g/mol. The molecule has 0 heterocycles. The van der Waals surface area contributed by atoms with Crippen LogP contribution in [-0.2, 0) is 19.7 Å². The summed E-state index contributed by atoms with van der Waals surface area (Å²) in [7, 11) is 1.28. The molecule has 0 aliphatic heterocycles. The third-order valence-electron chi connectivity index (χ3n) is 0.934. The van der Waals surface area contributed by atoms with Crippen molar-refractivity contribution in [2.24, 2.45) is 0 Å². The average Bonchev–Trinajstić information content (AvgIpc) is 1.86. The maximum atomic E-state index is 10.7. The SMILES string of the molecule is COS(=O)OC(C)(C)CC#N. The number of nitriles is 1. The van der Waals surface area contributed by atoms with Crippen LogP contribution in [0.5, 0.6) is 0 Å². The predicted octanol–water partition coefficient (Wildman–Crippen LogP) is 0.920. The summed E-state index contributed by atoms with van der Waals surface area (Å²) in [6.07, 6.45) is 0.183. The van der Waals surface area contributed by atoms with Gasteiger partial charge in [-0.25, -0.2) is 0 Å². The highest BCUT2D eigenvalue weighted by Crippen LogP contribution is 2.15. The van der Waals surface area contributed by atoms with E-state index >= 15 is 0 Å². The fourth-order valence-electron chi connectivity index (χ4n) is 0.438. The molecule has 0 bridgehead atoms. The molecular weight excluding hydrogens is 166 g/mol. The van der Waals surface area contributed by atoms with E-state index in [2.05, 4.69) is 4.18 Å². The van der Waals surface area contributed by atoms with Crippen molar-refractivity contribution in [1.29, 1.82) is 5.26 Å². The van der Waals surface area contributed by atoms with Gasteiger partial charge in [0.25, 0.3) is 0 Å². The Balaban J connectivity index is 3.92. The van der Waals surface area contributed by atoms with Gasteiger partial charge < -0.3 is 0 Å². The Kier molecular flexibility index (Phi) is 4.26. The van der Waals surface area contributed by atoms with E-state index in [4.69, 9.17) is 9.44 Å². The molecule has 0 amide bonds. The van der Waals surface area contributed by atoms with Crippen LogP contribution in [0.15, 0.2) is 0 Å². The van der Waals surface area contributed by atoms with Gasteiger partial charge >= 0.3 is 11.4 Å². The van der Waals surface area contributed by atoms with Crippen LogP contribution in [0.1, 0.15) is 20.3 Å². The highest BCUT2D eigenvalue weighted by Gasteiger charge is 2.21. The van der Waals surface area contributed by atoms with Crippen molar-refractivity contribution in [2.45, 2.75) is 25.9 Å². The smallest absolute Gasteiger partial charge is 0.272 e. The molecule has 64 valence electrons. The van der Waals surface area contributed by atoms with E-state index < -0.39 is 17.0 Å². The van der Waals surface area contributed by atoms with E-state index in [-0.39, 0.29) is 6.42 Å². The van der Waals surface area contributed by atoms with Gasteiger partial charge in [-0.15, -0.1) is 0 Å². The van der Waals surface area contributed by atoms with Crippen LogP contribution in [0.4, 0.5) is 0 Å². The lowest BCUT2D eigenvalue weighted by Crippen LogP contribution is -2.25. The van der Waals surface area contributed by atoms with Crippen molar-refractivity contribution in [3.05, 3.63) is 0 Å². The second kappa shape index (κ2) is 4.44. The Labute approximate surface area is 69.0 Å². The van der Waals surface area contributed by atoms with Gasteiger partial charge in [0.1, 0.15) is 0 Å². The lowest BCUT2D eigenvalue weighted by molar-refractivity contribution is 0.114. The molecule has 0 radical (unpaired) electrons. The topological polar surface area (TPSA) is 59.3 Å². The molecule has 1 atom stereocenters. The molecular formula is C6H11NO3S. The second-order valence-corrected chi connectivity index (χ2v) is 3.46. The molecule has 0 fully saturated rings. The quantitative estimate of drug-likeness (QED) is 0.640. The summed E-state index contributed by atoms with van der Waals surface area (Å²) in [6, 6.07) is 1.92. The first kappa shape index (κ1) is 10.6. The van der Waals surface area contributed by atoms with E-state index in [0.29, 0.717) is 0 Å². The lowest BCUT2D eigenvalue weighted by Gasteiger charge is -2.18. The molecule has 0 aliphatic carbocycles. The molecule has 0 N–H and O–H groups in total. The van der Waals surface area contributed by atoms with Crippen LogP contribution in [0.3, 0.4) is 0 Å². The minimum Gasteiger partial charge on any atom is -0.272 e. The minimum atomic E-state index is -1.75. The fraction of sp³-hybridized carbons (Fsp3) is 0.833. The summed E-state index contributed by atoms with van der Waals surface area (Å²) in [4.78, 5) is 0. The van der Waals surface area contributed by atoms with Crippen molar-refractivity contribution in [3.8, 4) is 6.07 Å². The standard InChI is InChI=1S/C6H11NO3S/c1-6(2,4-5-7)10-11(8)9-3/h4H2,1-3H3. The summed E-state index contributed by atoms with van der Waals surface area (Å²) in [5.74, 6) is 0. The summed E-state index contributed by atoms with van der Waals surface area (Å²) < 4.78 is 19.9. The zero-order chi connectivity index (χ0) is 8.91. The zero-order valence-electron chi connectivity index (χ0n) is 6.79. The van der Waals surface area contributed by atoms with Gasteiger partial charge in [0.05, 0.1) is 25.2 Å². The highest BCUT2D eigenvalue weighted by atomic mass is 32.2. The molecule has 0 aromatic carbocycles.